The average Bonchev–Trinajstić information content (AvgIpc) is 2.04. The molecule has 0 saturated heterocycles. The van der Waals surface area contributed by atoms with Crippen molar-refractivity contribution in [3.63, 3.8) is 0 Å². The van der Waals surface area contributed by atoms with Gasteiger partial charge < -0.3 is 0 Å². The molecule has 12 heavy (non-hydrogen) atoms. The molecule has 0 aromatic carbocycles. The summed E-state index contributed by atoms with van der Waals surface area (Å²) in [5, 5.41) is 0. The number of unbranched alkanes of at least 4 members (excludes halogenated alkanes) is 3. The lowest BCUT2D eigenvalue weighted by atomic mass is 9.96. The topological polar surface area (TPSA) is 0 Å². The number of hydrogen-bond acceptors (Lipinski definition) is 0. The summed E-state index contributed by atoms with van der Waals surface area (Å²) in [6.07, 6.45) is 8.32. The summed E-state index contributed by atoms with van der Waals surface area (Å²) in [7, 11) is 0. The second kappa shape index (κ2) is 8.10. The van der Waals surface area contributed by atoms with Crippen LogP contribution in [0.4, 0.5) is 0 Å². The van der Waals surface area contributed by atoms with Gasteiger partial charge in [-0.2, -0.15) is 0 Å². The third-order valence-electron chi connectivity index (χ3n) is 2.60. The fourth-order valence-corrected chi connectivity index (χ4v) is 2.23. The summed E-state index contributed by atoms with van der Waals surface area (Å²) in [5.41, 5.74) is 0. The first-order valence-corrected chi connectivity index (χ1v) is 6.28. The highest BCUT2D eigenvalue weighted by molar-refractivity contribution is 9.09. The summed E-state index contributed by atoms with van der Waals surface area (Å²) >= 11 is 3.67. The Morgan fingerprint density at radius 3 is 2.17 bits per heavy atom. The van der Waals surface area contributed by atoms with Gasteiger partial charge in [-0.15, -0.1) is 0 Å². The van der Waals surface area contributed by atoms with E-state index in [1.54, 1.807) is 0 Å². The van der Waals surface area contributed by atoms with Gasteiger partial charge in [0.05, 0.1) is 0 Å². The molecule has 0 spiro atoms. The van der Waals surface area contributed by atoms with Crippen molar-refractivity contribution in [2.24, 2.45) is 5.92 Å². The van der Waals surface area contributed by atoms with Crippen molar-refractivity contribution < 1.29 is 0 Å². The molecule has 0 bridgehead atoms. The molecule has 0 nitrogen and oxygen atoms in total. The van der Waals surface area contributed by atoms with Gasteiger partial charge in [0.2, 0.25) is 0 Å². The predicted octanol–water partition coefficient (Wildman–Crippen LogP) is 4.77. The summed E-state index contributed by atoms with van der Waals surface area (Å²) in [6.45, 7) is 6.83. The maximum Gasteiger partial charge on any atom is 0.0145 e. The molecule has 0 N–H and O–H groups in total. The monoisotopic (exact) mass is 234 g/mol. The number of rotatable bonds is 7. The Kier molecular flexibility index (Phi) is 8.42. The molecule has 0 aliphatic heterocycles. The Hall–Kier alpha value is 0.480. The van der Waals surface area contributed by atoms with Crippen LogP contribution in [0.1, 0.15) is 59.3 Å². The third kappa shape index (κ3) is 6.05. The van der Waals surface area contributed by atoms with E-state index in [0.717, 1.165) is 5.92 Å². The lowest BCUT2D eigenvalue weighted by Gasteiger charge is -2.16. The van der Waals surface area contributed by atoms with Crippen molar-refractivity contribution in [1.29, 1.82) is 0 Å². The quantitative estimate of drug-likeness (QED) is 0.440. The van der Waals surface area contributed by atoms with E-state index in [4.69, 9.17) is 0 Å². The molecule has 0 aromatic rings. The Morgan fingerprint density at radius 1 is 1.08 bits per heavy atom. The molecule has 0 saturated carbocycles. The van der Waals surface area contributed by atoms with Crippen LogP contribution in [0.15, 0.2) is 0 Å². The van der Waals surface area contributed by atoms with Crippen LogP contribution in [-0.4, -0.2) is 4.83 Å². The number of alkyl halides is 1. The van der Waals surface area contributed by atoms with Crippen molar-refractivity contribution in [2.75, 3.05) is 0 Å². The number of halogens is 1. The molecule has 0 rings (SSSR count). The van der Waals surface area contributed by atoms with Gasteiger partial charge in [0.1, 0.15) is 0 Å². The zero-order valence-corrected chi connectivity index (χ0v) is 10.4. The molecule has 0 aliphatic rings. The van der Waals surface area contributed by atoms with Crippen LogP contribution in [0.2, 0.25) is 0 Å². The Balaban J connectivity index is 3.32. The highest BCUT2D eigenvalue weighted by atomic mass is 79.9. The second-order valence-electron chi connectivity index (χ2n) is 3.70. The number of hydrogen-bond donors (Lipinski definition) is 0. The fourth-order valence-electron chi connectivity index (χ4n) is 1.59. The van der Waals surface area contributed by atoms with Crippen LogP contribution in [0.3, 0.4) is 0 Å². The van der Waals surface area contributed by atoms with Gasteiger partial charge in [-0.05, 0) is 12.3 Å². The van der Waals surface area contributed by atoms with Crippen LogP contribution in [0.25, 0.3) is 0 Å². The smallest absolute Gasteiger partial charge is 0.0145 e. The van der Waals surface area contributed by atoms with Gasteiger partial charge >= 0.3 is 0 Å². The first kappa shape index (κ1) is 12.5. The van der Waals surface area contributed by atoms with E-state index in [0.29, 0.717) is 4.83 Å². The van der Waals surface area contributed by atoms with Crippen LogP contribution < -0.4 is 0 Å². The molecule has 0 aromatic heterocycles. The molecule has 0 heterocycles. The van der Waals surface area contributed by atoms with E-state index >= 15 is 0 Å². The average molecular weight is 235 g/mol. The molecule has 0 radical (unpaired) electrons. The Bertz CT molecular complexity index is 89.0. The first-order chi connectivity index (χ1) is 5.72. The van der Waals surface area contributed by atoms with E-state index in [1.807, 2.05) is 0 Å². The summed E-state index contributed by atoms with van der Waals surface area (Å²) in [4.78, 5) is 0.698. The van der Waals surface area contributed by atoms with Crippen LogP contribution in [0, 0.1) is 5.92 Å². The maximum absolute atomic E-state index is 3.67. The SMILES string of the molecule is CCCCCCC(CC)C(C)Br. The molecule has 1 heteroatoms. The van der Waals surface area contributed by atoms with Gasteiger partial charge in [0.15, 0.2) is 0 Å². The third-order valence-corrected chi connectivity index (χ3v) is 3.35. The van der Waals surface area contributed by atoms with Gasteiger partial charge in [0.25, 0.3) is 0 Å². The molecular formula is C11H23Br. The van der Waals surface area contributed by atoms with Gasteiger partial charge in [-0.25, -0.2) is 0 Å². The van der Waals surface area contributed by atoms with Crippen molar-refractivity contribution in [2.45, 2.75) is 64.1 Å². The highest BCUT2D eigenvalue weighted by Gasteiger charge is 2.10. The van der Waals surface area contributed by atoms with Gasteiger partial charge in [-0.1, -0.05) is 68.8 Å². The first-order valence-electron chi connectivity index (χ1n) is 5.36. The van der Waals surface area contributed by atoms with Crippen LogP contribution >= 0.6 is 15.9 Å². The van der Waals surface area contributed by atoms with Gasteiger partial charge in [0, 0.05) is 4.83 Å². The lowest BCUT2D eigenvalue weighted by molar-refractivity contribution is 0.442. The predicted molar refractivity (Wildman–Crippen MR) is 60.9 cm³/mol. The molecule has 0 amide bonds. The van der Waals surface area contributed by atoms with Crippen molar-refractivity contribution in [3.05, 3.63) is 0 Å². The van der Waals surface area contributed by atoms with E-state index < -0.39 is 0 Å². The highest BCUT2D eigenvalue weighted by Crippen LogP contribution is 2.22. The second-order valence-corrected chi connectivity index (χ2v) is 5.14. The zero-order valence-electron chi connectivity index (χ0n) is 8.78. The fraction of sp³-hybridized carbons (Fsp3) is 1.00. The summed E-state index contributed by atoms with van der Waals surface area (Å²) < 4.78 is 0. The van der Waals surface area contributed by atoms with Gasteiger partial charge in [-0.3, -0.25) is 0 Å². The Labute approximate surface area is 86.3 Å². The van der Waals surface area contributed by atoms with Crippen molar-refractivity contribution in [3.8, 4) is 0 Å². The maximum atomic E-state index is 3.67. The minimum atomic E-state index is 0.698. The minimum absolute atomic E-state index is 0.698. The van der Waals surface area contributed by atoms with E-state index in [1.165, 1.54) is 38.5 Å². The molecule has 0 aliphatic carbocycles. The summed E-state index contributed by atoms with van der Waals surface area (Å²) in [5.74, 6) is 0.891. The largest absolute Gasteiger partial charge is 0.0891 e. The standard InChI is InChI=1S/C11H23Br/c1-4-6-7-8-9-11(5-2)10(3)12/h10-11H,4-9H2,1-3H3. The molecular weight excluding hydrogens is 212 g/mol. The van der Waals surface area contributed by atoms with Crippen molar-refractivity contribution >= 4 is 15.9 Å². The zero-order chi connectivity index (χ0) is 9.40. The minimum Gasteiger partial charge on any atom is -0.0891 e. The van der Waals surface area contributed by atoms with E-state index in [2.05, 4.69) is 36.7 Å². The lowest BCUT2D eigenvalue weighted by Crippen LogP contribution is -2.09. The Morgan fingerprint density at radius 2 is 1.75 bits per heavy atom. The summed E-state index contributed by atoms with van der Waals surface area (Å²) in [6, 6.07) is 0. The van der Waals surface area contributed by atoms with Crippen LogP contribution in [-0.2, 0) is 0 Å². The van der Waals surface area contributed by atoms with E-state index in [-0.39, 0.29) is 0 Å². The van der Waals surface area contributed by atoms with E-state index in [9.17, 15) is 0 Å². The van der Waals surface area contributed by atoms with Crippen molar-refractivity contribution in [1.82, 2.24) is 0 Å². The molecule has 74 valence electrons. The molecule has 2 unspecified atom stereocenters. The molecule has 0 fully saturated rings. The normalized spacial score (nSPS) is 16.0. The van der Waals surface area contributed by atoms with Crippen LogP contribution in [0.5, 0.6) is 0 Å². The molecule has 2 atom stereocenters.